The Morgan fingerprint density at radius 1 is 1.29 bits per heavy atom. The van der Waals surface area contributed by atoms with Crippen LogP contribution in [0.25, 0.3) is 0 Å². The van der Waals surface area contributed by atoms with E-state index in [2.05, 4.69) is 5.32 Å². The summed E-state index contributed by atoms with van der Waals surface area (Å²) in [5.41, 5.74) is -0.307. The number of benzene rings is 1. The number of carboxylic acids is 1. The van der Waals surface area contributed by atoms with Crippen LogP contribution in [-0.2, 0) is 15.0 Å². The summed E-state index contributed by atoms with van der Waals surface area (Å²) in [6.45, 7) is 1.99. The molecule has 0 spiro atoms. The van der Waals surface area contributed by atoms with Crippen LogP contribution in [0.4, 0.5) is 0 Å². The summed E-state index contributed by atoms with van der Waals surface area (Å²) in [7, 11) is 0. The summed E-state index contributed by atoms with van der Waals surface area (Å²) in [6, 6.07) is 9.15. The molecule has 2 N–H and O–H groups in total. The third-order valence-corrected chi connectivity index (χ3v) is 4.40. The van der Waals surface area contributed by atoms with Gasteiger partial charge in [0.2, 0.25) is 5.91 Å². The van der Waals surface area contributed by atoms with Crippen molar-refractivity contribution in [2.45, 2.75) is 44.4 Å². The summed E-state index contributed by atoms with van der Waals surface area (Å²) >= 11 is 0. The Kier molecular flexibility index (Phi) is 4.99. The summed E-state index contributed by atoms with van der Waals surface area (Å²) in [4.78, 5) is 23.7. The molecule has 2 rings (SSSR count). The van der Waals surface area contributed by atoms with Crippen LogP contribution in [0.5, 0.6) is 0 Å². The predicted octanol–water partition coefficient (Wildman–Crippen LogP) is 2.73. The molecule has 0 radical (unpaired) electrons. The van der Waals surface area contributed by atoms with Crippen molar-refractivity contribution in [1.82, 2.24) is 5.32 Å². The number of hydrogen-bond acceptors (Lipinski definition) is 2. The minimum Gasteiger partial charge on any atom is -0.481 e. The molecule has 0 heterocycles. The number of rotatable bonds is 8. The maximum Gasteiger partial charge on any atom is 0.315 e. The standard InChI is InChI=1S/C17H23NO3/c1-2-17(16(20)21,14-6-4-3-5-7-14)12-18-15(19)11-10-13-8-9-13/h3-7,13H,2,8-12H2,1H3,(H,18,19)(H,20,21). The first-order chi connectivity index (χ1) is 10.1. The highest BCUT2D eigenvalue weighted by Crippen LogP contribution is 2.33. The molecule has 4 nitrogen and oxygen atoms in total. The van der Waals surface area contributed by atoms with Gasteiger partial charge >= 0.3 is 5.97 Å². The molecular formula is C17H23NO3. The predicted molar refractivity (Wildman–Crippen MR) is 81.0 cm³/mol. The van der Waals surface area contributed by atoms with Gasteiger partial charge in [-0.2, -0.15) is 0 Å². The van der Waals surface area contributed by atoms with Gasteiger partial charge < -0.3 is 10.4 Å². The number of hydrogen-bond donors (Lipinski definition) is 2. The zero-order valence-electron chi connectivity index (χ0n) is 12.5. The Morgan fingerprint density at radius 3 is 2.48 bits per heavy atom. The molecule has 114 valence electrons. The van der Waals surface area contributed by atoms with Crippen molar-refractivity contribution in [3.05, 3.63) is 35.9 Å². The van der Waals surface area contributed by atoms with Gasteiger partial charge in [-0.05, 0) is 24.3 Å². The first-order valence-electron chi connectivity index (χ1n) is 7.64. The molecule has 1 atom stereocenters. The van der Waals surface area contributed by atoms with E-state index in [-0.39, 0.29) is 12.5 Å². The number of carbonyl (C=O) groups is 2. The summed E-state index contributed by atoms with van der Waals surface area (Å²) < 4.78 is 0. The van der Waals surface area contributed by atoms with Crippen LogP contribution in [0, 0.1) is 5.92 Å². The van der Waals surface area contributed by atoms with Gasteiger partial charge in [0.15, 0.2) is 0 Å². The van der Waals surface area contributed by atoms with Crippen molar-refractivity contribution < 1.29 is 14.7 Å². The number of nitrogens with one attached hydrogen (secondary N) is 1. The molecule has 21 heavy (non-hydrogen) atoms. The van der Waals surface area contributed by atoms with E-state index in [1.54, 1.807) is 0 Å². The fraction of sp³-hybridized carbons (Fsp3) is 0.529. The van der Waals surface area contributed by atoms with E-state index in [1.165, 1.54) is 12.8 Å². The van der Waals surface area contributed by atoms with Crippen molar-refractivity contribution in [3.63, 3.8) is 0 Å². The second-order valence-corrected chi connectivity index (χ2v) is 5.87. The molecule has 0 saturated heterocycles. The van der Waals surface area contributed by atoms with Crippen LogP contribution < -0.4 is 5.32 Å². The first kappa shape index (κ1) is 15.5. The minimum atomic E-state index is -1.05. The molecule has 1 amide bonds. The molecule has 0 aromatic heterocycles. The van der Waals surface area contributed by atoms with Crippen LogP contribution >= 0.6 is 0 Å². The molecular weight excluding hydrogens is 266 g/mol. The Balaban J connectivity index is 2.02. The maximum atomic E-state index is 11.9. The second-order valence-electron chi connectivity index (χ2n) is 5.87. The zero-order chi connectivity index (χ0) is 15.3. The topological polar surface area (TPSA) is 66.4 Å². The highest BCUT2D eigenvalue weighted by molar-refractivity contribution is 5.83. The average Bonchev–Trinajstić information content (AvgIpc) is 3.31. The van der Waals surface area contributed by atoms with E-state index in [0.717, 1.165) is 12.0 Å². The quantitative estimate of drug-likeness (QED) is 0.773. The molecule has 0 aliphatic heterocycles. The van der Waals surface area contributed by atoms with Gasteiger partial charge in [0.25, 0.3) is 0 Å². The van der Waals surface area contributed by atoms with E-state index in [9.17, 15) is 14.7 Å². The second kappa shape index (κ2) is 6.74. The minimum absolute atomic E-state index is 0.0445. The smallest absolute Gasteiger partial charge is 0.315 e. The van der Waals surface area contributed by atoms with E-state index in [4.69, 9.17) is 0 Å². The van der Waals surface area contributed by atoms with Crippen molar-refractivity contribution in [3.8, 4) is 0 Å². The molecule has 1 unspecified atom stereocenters. The van der Waals surface area contributed by atoms with Crippen molar-refractivity contribution in [2.24, 2.45) is 5.92 Å². The van der Waals surface area contributed by atoms with Crippen LogP contribution in [-0.4, -0.2) is 23.5 Å². The number of carbonyl (C=O) groups excluding carboxylic acids is 1. The average molecular weight is 289 g/mol. The van der Waals surface area contributed by atoms with Gasteiger partial charge in [0, 0.05) is 13.0 Å². The summed E-state index contributed by atoms with van der Waals surface area (Å²) in [5, 5.41) is 12.5. The molecule has 0 bridgehead atoms. The number of aliphatic carboxylic acids is 1. The Morgan fingerprint density at radius 2 is 1.95 bits per heavy atom. The normalized spacial score (nSPS) is 17.0. The van der Waals surface area contributed by atoms with Gasteiger partial charge in [-0.1, -0.05) is 50.1 Å². The highest BCUT2D eigenvalue weighted by atomic mass is 16.4. The first-order valence-corrected chi connectivity index (χ1v) is 7.64. The zero-order valence-corrected chi connectivity index (χ0v) is 12.5. The van der Waals surface area contributed by atoms with Crippen molar-refractivity contribution in [2.75, 3.05) is 6.54 Å². The monoisotopic (exact) mass is 289 g/mol. The molecule has 1 fully saturated rings. The fourth-order valence-corrected chi connectivity index (χ4v) is 2.62. The lowest BCUT2D eigenvalue weighted by atomic mass is 9.78. The van der Waals surface area contributed by atoms with Gasteiger partial charge in [-0.25, -0.2) is 0 Å². The summed E-state index contributed by atoms with van der Waals surface area (Å²) in [5.74, 6) is -0.226. The lowest BCUT2D eigenvalue weighted by molar-refractivity contribution is -0.144. The van der Waals surface area contributed by atoms with E-state index >= 15 is 0 Å². The Bertz CT molecular complexity index is 496. The molecule has 4 heteroatoms. The van der Waals surface area contributed by atoms with Gasteiger partial charge in [0.1, 0.15) is 5.41 Å². The van der Waals surface area contributed by atoms with Crippen LogP contribution in [0.15, 0.2) is 30.3 Å². The lowest BCUT2D eigenvalue weighted by Crippen LogP contribution is -2.46. The number of amides is 1. The Hall–Kier alpha value is -1.84. The largest absolute Gasteiger partial charge is 0.481 e. The van der Waals surface area contributed by atoms with E-state index < -0.39 is 11.4 Å². The van der Waals surface area contributed by atoms with Crippen LogP contribution in [0.1, 0.15) is 44.6 Å². The molecule has 1 saturated carbocycles. The van der Waals surface area contributed by atoms with Crippen LogP contribution in [0.2, 0.25) is 0 Å². The van der Waals surface area contributed by atoms with Crippen molar-refractivity contribution in [1.29, 1.82) is 0 Å². The van der Waals surface area contributed by atoms with Crippen molar-refractivity contribution >= 4 is 11.9 Å². The molecule has 1 aliphatic carbocycles. The third-order valence-electron chi connectivity index (χ3n) is 4.40. The summed E-state index contributed by atoms with van der Waals surface area (Å²) in [6.07, 6.45) is 4.31. The molecule has 1 aromatic carbocycles. The number of carboxylic acid groups (broad SMARTS) is 1. The maximum absolute atomic E-state index is 11.9. The van der Waals surface area contributed by atoms with E-state index in [1.807, 2.05) is 37.3 Å². The van der Waals surface area contributed by atoms with E-state index in [0.29, 0.717) is 18.8 Å². The van der Waals surface area contributed by atoms with Gasteiger partial charge in [0.05, 0.1) is 0 Å². The fourth-order valence-electron chi connectivity index (χ4n) is 2.62. The third kappa shape index (κ3) is 3.84. The van der Waals surface area contributed by atoms with Crippen LogP contribution in [0.3, 0.4) is 0 Å². The highest BCUT2D eigenvalue weighted by Gasteiger charge is 2.39. The Labute approximate surface area is 125 Å². The molecule has 1 aliphatic rings. The molecule has 1 aromatic rings. The SMILES string of the molecule is CCC(CNC(=O)CCC1CC1)(C(=O)O)c1ccccc1. The lowest BCUT2D eigenvalue weighted by Gasteiger charge is -2.29. The van der Waals surface area contributed by atoms with Gasteiger partial charge in [-0.15, -0.1) is 0 Å². The van der Waals surface area contributed by atoms with Gasteiger partial charge in [-0.3, -0.25) is 9.59 Å².